The van der Waals surface area contributed by atoms with Gasteiger partial charge in [-0.1, -0.05) is 36.0 Å². The second-order valence-electron chi connectivity index (χ2n) is 8.48. The fourth-order valence-corrected chi connectivity index (χ4v) is 5.11. The Balaban J connectivity index is 1.17. The molecular formula is C26H27N5O2S. The van der Waals surface area contributed by atoms with Gasteiger partial charge in [0.2, 0.25) is 5.16 Å². The summed E-state index contributed by atoms with van der Waals surface area (Å²) >= 11 is 1.49. The number of amides is 1. The normalized spacial score (nSPS) is 12.6. The molecule has 0 bridgehead atoms. The molecule has 1 amide bonds. The zero-order chi connectivity index (χ0) is 23.5. The number of rotatable bonds is 8. The van der Waals surface area contributed by atoms with Crippen molar-refractivity contribution in [2.45, 2.75) is 44.0 Å². The van der Waals surface area contributed by atoms with Crippen molar-refractivity contribution in [1.29, 1.82) is 0 Å². The van der Waals surface area contributed by atoms with Gasteiger partial charge in [0.15, 0.2) is 0 Å². The molecule has 2 heterocycles. The van der Waals surface area contributed by atoms with Gasteiger partial charge >= 0.3 is 0 Å². The minimum atomic E-state index is -0.107. The number of carbonyl (C=O) groups excluding carboxylic acids is 1. The quantitative estimate of drug-likeness (QED) is 0.303. The maximum atomic E-state index is 12.8. The van der Waals surface area contributed by atoms with Crippen molar-refractivity contribution < 1.29 is 9.53 Å². The molecule has 0 radical (unpaired) electrons. The zero-order valence-electron chi connectivity index (χ0n) is 19.4. The van der Waals surface area contributed by atoms with Gasteiger partial charge in [0.05, 0.1) is 6.54 Å². The summed E-state index contributed by atoms with van der Waals surface area (Å²) in [5, 5.41) is 8.16. The van der Waals surface area contributed by atoms with E-state index in [1.807, 2.05) is 50.2 Å². The first-order valence-electron chi connectivity index (χ1n) is 11.5. The maximum Gasteiger partial charge on any atom is 0.253 e. The highest BCUT2D eigenvalue weighted by Crippen LogP contribution is 2.26. The molecular weight excluding hydrogens is 446 g/mol. The SMILES string of the molecule is Cc1cc(C)n2nc(SCc3ccccc3C(=O)NCCOc3ccc4c(c3)CCC4)nc2n1. The lowest BCUT2D eigenvalue weighted by molar-refractivity contribution is 0.0946. The summed E-state index contributed by atoms with van der Waals surface area (Å²) in [6, 6.07) is 15.9. The summed E-state index contributed by atoms with van der Waals surface area (Å²) in [4.78, 5) is 21.8. The first kappa shape index (κ1) is 22.4. The Morgan fingerprint density at radius 2 is 1.94 bits per heavy atom. The zero-order valence-corrected chi connectivity index (χ0v) is 20.2. The van der Waals surface area contributed by atoms with Crippen molar-refractivity contribution in [3.05, 3.63) is 82.2 Å². The van der Waals surface area contributed by atoms with Crippen LogP contribution in [0.1, 0.15) is 44.9 Å². The lowest BCUT2D eigenvalue weighted by Gasteiger charge is -2.11. The molecule has 0 aliphatic heterocycles. The molecule has 0 unspecified atom stereocenters. The highest BCUT2D eigenvalue weighted by molar-refractivity contribution is 7.98. The standard InChI is InChI=1S/C26H27N5O2S/c1-17-14-18(2)31-25(28-17)29-26(30-31)34-16-21-6-3-4-9-23(21)24(32)27-12-13-33-22-11-10-19-7-5-8-20(19)15-22/h3-4,6,9-11,14-15H,5,7-8,12-13,16H2,1-2H3,(H,27,32). The molecule has 0 atom stereocenters. The number of hydrogen-bond acceptors (Lipinski definition) is 6. The Bertz CT molecular complexity index is 1350. The first-order valence-corrected chi connectivity index (χ1v) is 12.5. The number of fused-ring (bicyclic) bond motifs is 2. The highest BCUT2D eigenvalue weighted by Gasteiger charge is 2.14. The second-order valence-corrected chi connectivity index (χ2v) is 9.42. The fraction of sp³-hybridized carbons (Fsp3) is 0.308. The van der Waals surface area contributed by atoms with Crippen molar-refractivity contribution in [3.8, 4) is 5.75 Å². The van der Waals surface area contributed by atoms with Crippen LogP contribution in [0.5, 0.6) is 5.75 Å². The van der Waals surface area contributed by atoms with Gasteiger partial charge in [-0.2, -0.15) is 4.98 Å². The summed E-state index contributed by atoms with van der Waals surface area (Å²) in [5.74, 6) is 1.94. The molecule has 8 heteroatoms. The topological polar surface area (TPSA) is 81.4 Å². The maximum absolute atomic E-state index is 12.8. The van der Waals surface area contributed by atoms with E-state index in [1.54, 1.807) is 4.52 Å². The van der Waals surface area contributed by atoms with E-state index >= 15 is 0 Å². The Morgan fingerprint density at radius 3 is 2.85 bits per heavy atom. The van der Waals surface area contributed by atoms with Crippen LogP contribution >= 0.6 is 11.8 Å². The van der Waals surface area contributed by atoms with Crippen molar-refractivity contribution >= 4 is 23.4 Å². The van der Waals surface area contributed by atoms with Gasteiger partial charge in [0, 0.05) is 22.7 Å². The Hall–Kier alpha value is -3.39. The molecule has 0 saturated heterocycles. The van der Waals surface area contributed by atoms with Gasteiger partial charge in [-0.25, -0.2) is 9.50 Å². The molecule has 1 N–H and O–H groups in total. The monoisotopic (exact) mass is 473 g/mol. The summed E-state index contributed by atoms with van der Waals surface area (Å²) in [6.07, 6.45) is 3.50. The third kappa shape index (κ3) is 4.92. The van der Waals surface area contributed by atoms with Gasteiger partial charge in [0.25, 0.3) is 11.7 Å². The number of aromatic nitrogens is 4. The third-order valence-electron chi connectivity index (χ3n) is 5.94. The van der Waals surface area contributed by atoms with E-state index in [9.17, 15) is 4.79 Å². The van der Waals surface area contributed by atoms with Gasteiger partial charge in [-0.3, -0.25) is 4.79 Å². The number of ether oxygens (including phenoxy) is 1. The van der Waals surface area contributed by atoms with Crippen molar-refractivity contribution in [2.75, 3.05) is 13.2 Å². The van der Waals surface area contributed by atoms with Crippen LogP contribution in [0.2, 0.25) is 0 Å². The number of nitrogens with one attached hydrogen (secondary N) is 1. The van der Waals surface area contributed by atoms with Gasteiger partial charge in [-0.15, -0.1) is 5.10 Å². The third-order valence-corrected chi connectivity index (χ3v) is 6.83. The predicted molar refractivity (Wildman–Crippen MR) is 133 cm³/mol. The molecule has 0 fully saturated rings. The van der Waals surface area contributed by atoms with Crippen molar-refractivity contribution in [3.63, 3.8) is 0 Å². The fourth-order valence-electron chi connectivity index (χ4n) is 4.29. The van der Waals surface area contributed by atoms with Crippen LogP contribution in [0.15, 0.2) is 53.7 Å². The Labute approximate surface area is 203 Å². The molecule has 174 valence electrons. The summed E-state index contributed by atoms with van der Waals surface area (Å²) in [7, 11) is 0. The van der Waals surface area contributed by atoms with Gasteiger partial charge in [0.1, 0.15) is 12.4 Å². The smallest absolute Gasteiger partial charge is 0.253 e. The lowest BCUT2D eigenvalue weighted by Crippen LogP contribution is -2.28. The molecule has 2 aromatic carbocycles. The van der Waals surface area contributed by atoms with Crippen LogP contribution in [-0.4, -0.2) is 38.6 Å². The molecule has 7 nitrogen and oxygen atoms in total. The Kier molecular flexibility index (Phi) is 6.49. The van der Waals surface area contributed by atoms with Crippen LogP contribution in [0.3, 0.4) is 0 Å². The average Bonchev–Trinajstić information content (AvgIpc) is 3.47. The number of nitrogens with zero attached hydrogens (tertiary/aromatic N) is 4. The number of thioether (sulfide) groups is 1. The molecule has 1 aliphatic rings. The summed E-state index contributed by atoms with van der Waals surface area (Å²) in [5.41, 5.74) is 6.30. The van der Waals surface area contributed by atoms with E-state index in [0.29, 0.717) is 35.4 Å². The van der Waals surface area contributed by atoms with Crippen LogP contribution in [-0.2, 0) is 18.6 Å². The molecule has 0 spiro atoms. The number of aryl methyl sites for hydroxylation is 4. The summed E-state index contributed by atoms with van der Waals surface area (Å²) < 4.78 is 7.60. The largest absolute Gasteiger partial charge is 0.492 e. The van der Waals surface area contributed by atoms with Gasteiger partial charge in [-0.05, 0) is 74.1 Å². The van der Waals surface area contributed by atoms with E-state index in [-0.39, 0.29) is 5.91 Å². The van der Waals surface area contributed by atoms with E-state index in [4.69, 9.17) is 4.74 Å². The second kappa shape index (κ2) is 9.85. The minimum Gasteiger partial charge on any atom is -0.492 e. The van der Waals surface area contributed by atoms with Crippen LogP contribution in [0.25, 0.3) is 5.78 Å². The predicted octanol–water partition coefficient (Wildman–Crippen LogP) is 4.33. The number of hydrogen-bond donors (Lipinski definition) is 1. The van der Waals surface area contributed by atoms with Crippen LogP contribution in [0, 0.1) is 13.8 Å². The van der Waals surface area contributed by atoms with E-state index in [1.165, 1.54) is 29.3 Å². The molecule has 34 heavy (non-hydrogen) atoms. The minimum absolute atomic E-state index is 0.107. The summed E-state index contributed by atoms with van der Waals surface area (Å²) in [6.45, 7) is 4.80. The van der Waals surface area contributed by atoms with Crippen molar-refractivity contribution in [2.24, 2.45) is 0 Å². The molecule has 1 aliphatic carbocycles. The first-order chi connectivity index (χ1) is 16.6. The molecule has 2 aromatic heterocycles. The van der Waals surface area contributed by atoms with E-state index < -0.39 is 0 Å². The highest BCUT2D eigenvalue weighted by atomic mass is 32.2. The Morgan fingerprint density at radius 1 is 1.09 bits per heavy atom. The van der Waals surface area contributed by atoms with E-state index in [0.717, 1.165) is 35.5 Å². The molecule has 4 aromatic rings. The lowest BCUT2D eigenvalue weighted by atomic mass is 10.1. The van der Waals surface area contributed by atoms with Crippen LogP contribution < -0.4 is 10.1 Å². The molecule has 0 saturated carbocycles. The number of carbonyl (C=O) groups is 1. The van der Waals surface area contributed by atoms with E-state index in [2.05, 4.69) is 32.5 Å². The molecule has 5 rings (SSSR count). The van der Waals surface area contributed by atoms with Gasteiger partial charge < -0.3 is 10.1 Å². The van der Waals surface area contributed by atoms with Crippen molar-refractivity contribution in [1.82, 2.24) is 24.9 Å². The number of benzene rings is 2. The average molecular weight is 474 g/mol. The van der Waals surface area contributed by atoms with Crippen LogP contribution in [0.4, 0.5) is 0 Å².